The Morgan fingerprint density at radius 3 is 2.10 bits per heavy atom. The van der Waals surface area contributed by atoms with Gasteiger partial charge in [-0.25, -0.2) is 0 Å². The quantitative estimate of drug-likeness (QED) is 0.343. The maximum absolute atomic E-state index is 2.33. The summed E-state index contributed by atoms with van der Waals surface area (Å²) in [6.07, 6.45) is 2.33. The van der Waals surface area contributed by atoms with Crippen LogP contribution in [0.3, 0.4) is 0 Å². The Balaban J connectivity index is 1.86. The summed E-state index contributed by atoms with van der Waals surface area (Å²) in [4.78, 5) is 0. The maximum Gasteiger partial charge on any atom is 0.0218 e. The summed E-state index contributed by atoms with van der Waals surface area (Å²) in [6, 6.07) is 26.3. The van der Waals surface area contributed by atoms with Crippen molar-refractivity contribution in [2.45, 2.75) is 0 Å². The number of hydrogen-bond donors (Lipinski definition) is 0. The molecule has 0 atom stereocenters. The van der Waals surface area contributed by atoms with E-state index in [1.165, 1.54) is 43.8 Å². The predicted octanol–water partition coefficient (Wildman–Crippen LogP) is 5.57. The Hall–Kier alpha value is -2.60. The molecule has 0 amide bonds. The second-order valence-corrected chi connectivity index (χ2v) is 5.68. The Morgan fingerprint density at radius 2 is 1.24 bits per heavy atom. The van der Waals surface area contributed by atoms with Gasteiger partial charge in [0.25, 0.3) is 0 Å². The lowest BCUT2D eigenvalue weighted by molar-refractivity contribution is 1.59. The van der Waals surface area contributed by atoms with Crippen molar-refractivity contribution in [3.63, 3.8) is 0 Å². The first kappa shape index (κ1) is 11.1. The fourth-order valence-electron chi connectivity index (χ4n) is 3.45. The summed E-state index contributed by atoms with van der Waals surface area (Å²) in [5, 5.41) is 5.27. The van der Waals surface area contributed by atoms with E-state index in [2.05, 4.69) is 79.2 Å². The van der Waals surface area contributed by atoms with Gasteiger partial charge in [0.1, 0.15) is 0 Å². The molecule has 97 valence electrons. The van der Waals surface area contributed by atoms with Crippen LogP contribution in [0.25, 0.3) is 32.7 Å². The zero-order chi connectivity index (χ0) is 13.8. The van der Waals surface area contributed by atoms with Crippen molar-refractivity contribution in [1.82, 2.24) is 0 Å². The van der Waals surface area contributed by atoms with Gasteiger partial charge in [-0.2, -0.15) is 0 Å². The molecule has 0 aromatic heterocycles. The summed E-state index contributed by atoms with van der Waals surface area (Å²) in [5.74, 6) is 0. The lowest BCUT2D eigenvalue weighted by Crippen LogP contribution is -1.81. The second-order valence-electron chi connectivity index (χ2n) is 5.68. The lowest BCUT2D eigenvalue weighted by Gasteiger charge is -2.05. The first-order valence-electron chi connectivity index (χ1n) is 7.30. The monoisotopic (exact) mass is 265 g/mol. The molecule has 0 saturated carbocycles. The van der Waals surface area contributed by atoms with Crippen LogP contribution in [0.2, 0.25) is 0 Å². The van der Waals surface area contributed by atoms with Gasteiger partial charge in [-0.3, -0.25) is 0 Å². The number of hydrogen-bond acceptors (Lipinski definition) is 0. The molecule has 0 saturated heterocycles. The van der Waals surface area contributed by atoms with Gasteiger partial charge in [0.2, 0.25) is 0 Å². The molecule has 5 rings (SSSR count). The molecule has 0 unspecified atom stereocenters. The van der Waals surface area contributed by atoms with Crippen molar-refractivity contribution < 1.29 is 0 Å². The molecule has 0 spiro atoms. The van der Waals surface area contributed by atoms with E-state index in [4.69, 9.17) is 0 Å². The van der Waals surface area contributed by atoms with Crippen LogP contribution in [0.15, 0.2) is 72.8 Å². The molecule has 0 nitrogen and oxygen atoms in total. The van der Waals surface area contributed by atoms with Crippen molar-refractivity contribution in [3.05, 3.63) is 90.3 Å². The fourth-order valence-corrected chi connectivity index (χ4v) is 3.45. The molecule has 0 heterocycles. The molecule has 4 aromatic carbocycles. The van der Waals surface area contributed by atoms with Gasteiger partial charge in [0, 0.05) is 6.42 Å². The van der Waals surface area contributed by atoms with E-state index in [-0.39, 0.29) is 0 Å². The highest BCUT2D eigenvalue weighted by molar-refractivity contribution is 6.01. The van der Waals surface area contributed by atoms with E-state index in [0.29, 0.717) is 0 Å². The number of rotatable bonds is 0. The fraction of sp³-hybridized carbons (Fsp3) is 0. The normalized spacial score (nSPS) is 12.6. The van der Waals surface area contributed by atoms with Gasteiger partial charge in [-0.15, -0.1) is 0 Å². The standard InChI is InChI=1S/C21H13/c1-2-7-16-12-20-17(11-15(16)6-1)13-21-18-8-4-3-5-14(18)9-10-19(20)21/h1-13H. The highest BCUT2D eigenvalue weighted by Gasteiger charge is 2.21. The Kier molecular flexibility index (Phi) is 2.09. The average Bonchev–Trinajstić information content (AvgIpc) is 2.90. The molecule has 21 heavy (non-hydrogen) atoms. The van der Waals surface area contributed by atoms with Crippen molar-refractivity contribution >= 4 is 21.5 Å². The van der Waals surface area contributed by atoms with E-state index >= 15 is 0 Å². The van der Waals surface area contributed by atoms with Gasteiger partial charge < -0.3 is 0 Å². The van der Waals surface area contributed by atoms with E-state index < -0.39 is 0 Å². The molecular formula is C21H13. The smallest absolute Gasteiger partial charge is 0.0218 e. The summed E-state index contributed by atoms with van der Waals surface area (Å²) < 4.78 is 0. The Morgan fingerprint density at radius 1 is 0.524 bits per heavy atom. The molecule has 0 aliphatic heterocycles. The zero-order valence-electron chi connectivity index (χ0n) is 11.5. The van der Waals surface area contributed by atoms with Crippen LogP contribution in [0.5, 0.6) is 0 Å². The van der Waals surface area contributed by atoms with Crippen molar-refractivity contribution in [3.8, 4) is 11.1 Å². The summed E-state index contributed by atoms with van der Waals surface area (Å²) in [5.41, 5.74) is 5.40. The molecule has 0 N–H and O–H groups in total. The third kappa shape index (κ3) is 1.50. The zero-order valence-corrected chi connectivity index (χ0v) is 11.5. The van der Waals surface area contributed by atoms with Crippen molar-refractivity contribution in [2.24, 2.45) is 0 Å². The van der Waals surface area contributed by atoms with E-state index in [1.807, 2.05) is 0 Å². The maximum atomic E-state index is 2.33. The van der Waals surface area contributed by atoms with Crippen LogP contribution in [-0.2, 0) is 0 Å². The van der Waals surface area contributed by atoms with Crippen LogP contribution >= 0.6 is 0 Å². The summed E-state index contributed by atoms with van der Waals surface area (Å²) in [7, 11) is 0. The van der Waals surface area contributed by atoms with Crippen LogP contribution in [-0.4, -0.2) is 0 Å². The first-order chi connectivity index (χ1) is 10.4. The van der Waals surface area contributed by atoms with Gasteiger partial charge in [-0.05, 0) is 55.9 Å². The number of fused-ring (bicyclic) bond motifs is 6. The minimum Gasteiger partial charge on any atom is -0.0616 e. The number of benzene rings is 4. The van der Waals surface area contributed by atoms with Gasteiger partial charge in [0.15, 0.2) is 0 Å². The highest BCUT2D eigenvalue weighted by atomic mass is 14.2. The largest absolute Gasteiger partial charge is 0.0616 e. The van der Waals surface area contributed by atoms with Crippen LogP contribution in [0.4, 0.5) is 0 Å². The van der Waals surface area contributed by atoms with Crippen molar-refractivity contribution in [2.75, 3.05) is 0 Å². The summed E-state index contributed by atoms with van der Waals surface area (Å²) in [6.45, 7) is 0. The highest BCUT2D eigenvalue weighted by Crippen LogP contribution is 2.43. The van der Waals surface area contributed by atoms with Gasteiger partial charge >= 0.3 is 0 Å². The third-order valence-electron chi connectivity index (χ3n) is 4.48. The van der Waals surface area contributed by atoms with Crippen LogP contribution in [0, 0.1) is 6.42 Å². The second kappa shape index (κ2) is 3.95. The predicted molar refractivity (Wildman–Crippen MR) is 89.4 cm³/mol. The Labute approximate surface area is 123 Å². The van der Waals surface area contributed by atoms with E-state index in [1.54, 1.807) is 0 Å². The van der Waals surface area contributed by atoms with E-state index in [9.17, 15) is 0 Å². The molecule has 4 aromatic rings. The van der Waals surface area contributed by atoms with Crippen LogP contribution in [0.1, 0.15) is 11.1 Å². The topological polar surface area (TPSA) is 0 Å². The molecule has 1 radical (unpaired) electrons. The van der Waals surface area contributed by atoms with Crippen LogP contribution < -0.4 is 0 Å². The first-order valence-corrected chi connectivity index (χ1v) is 7.30. The van der Waals surface area contributed by atoms with E-state index in [0.717, 1.165) is 0 Å². The average molecular weight is 265 g/mol. The molecule has 1 aliphatic carbocycles. The summed E-state index contributed by atoms with van der Waals surface area (Å²) >= 11 is 0. The lowest BCUT2D eigenvalue weighted by atomic mass is 9.98. The van der Waals surface area contributed by atoms with Crippen molar-refractivity contribution in [1.29, 1.82) is 0 Å². The molecule has 0 bridgehead atoms. The minimum absolute atomic E-state index is 1.31. The SMILES string of the molecule is [CH]1c2cc3ccccc3cc2-c2ccc3ccccc3c21. The Bertz CT molecular complexity index is 1010. The molecular weight excluding hydrogens is 252 g/mol. The third-order valence-corrected chi connectivity index (χ3v) is 4.48. The minimum atomic E-state index is 1.31. The molecule has 0 fully saturated rings. The van der Waals surface area contributed by atoms with Gasteiger partial charge in [-0.1, -0.05) is 60.7 Å². The molecule has 1 aliphatic rings. The molecule has 0 heteroatoms. The van der Waals surface area contributed by atoms with Gasteiger partial charge in [0.05, 0.1) is 0 Å².